The molecule has 0 aliphatic rings. The van der Waals surface area contributed by atoms with Gasteiger partial charge in [0.2, 0.25) is 5.91 Å². The van der Waals surface area contributed by atoms with Crippen LogP contribution in [0, 0.1) is 0 Å². The lowest BCUT2D eigenvalue weighted by Gasteiger charge is -2.22. The first-order chi connectivity index (χ1) is 27.7. The lowest BCUT2D eigenvalue weighted by Crippen LogP contribution is -2.50. The van der Waals surface area contributed by atoms with E-state index in [1.54, 1.807) is 6.08 Å². The average Bonchev–Trinajstić information content (AvgIpc) is 3.18. The molecule has 0 radical (unpaired) electrons. The molecule has 0 aliphatic heterocycles. The summed E-state index contributed by atoms with van der Waals surface area (Å²) in [5.41, 5.74) is 0. The quantitative estimate of drug-likeness (QED) is 0.0276. The number of carbonyl (C=O) groups is 1. The van der Waals surface area contributed by atoms with Gasteiger partial charge in [-0.25, -0.2) is 0 Å². The van der Waals surface area contributed by atoms with Crippen LogP contribution in [0.25, 0.3) is 0 Å². The molecular formula is C49H91NO6S. The van der Waals surface area contributed by atoms with E-state index in [1.165, 1.54) is 147 Å². The van der Waals surface area contributed by atoms with Gasteiger partial charge >= 0.3 is 0 Å². The van der Waals surface area contributed by atoms with Crippen LogP contribution in [0.3, 0.4) is 0 Å². The first kappa shape index (κ1) is 55.3. The minimum atomic E-state index is -4.46. The Labute approximate surface area is 352 Å². The number of amides is 1. The number of allylic oxidation sites excluding steroid dienone is 7. The molecule has 334 valence electrons. The number of unbranched alkanes of at least 4 members (excludes halogenated alkanes) is 28. The molecule has 0 aromatic heterocycles. The number of hydrogen-bond donors (Lipinski definition) is 4. The van der Waals surface area contributed by atoms with E-state index >= 15 is 0 Å². The second-order valence-electron chi connectivity index (χ2n) is 16.5. The largest absolute Gasteiger partial charge is 0.387 e. The van der Waals surface area contributed by atoms with Gasteiger partial charge in [-0.15, -0.1) is 0 Å². The fourth-order valence-corrected chi connectivity index (χ4v) is 7.88. The normalized spacial score (nSPS) is 14.1. The molecule has 0 bridgehead atoms. The summed E-state index contributed by atoms with van der Waals surface area (Å²) in [6.07, 6.45) is 54.6. The van der Waals surface area contributed by atoms with Crippen molar-refractivity contribution in [1.82, 2.24) is 5.32 Å². The second kappa shape index (κ2) is 42.4. The van der Waals surface area contributed by atoms with Gasteiger partial charge < -0.3 is 15.5 Å². The molecule has 0 fully saturated rings. The lowest BCUT2D eigenvalue weighted by atomic mass is 10.0. The Balaban J connectivity index is 4.01. The van der Waals surface area contributed by atoms with Gasteiger partial charge in [0.25, 0.3) is 10.1 Å². The molecule has 0 aromatic carbocycles. The third kappa shape index (κ3) is 42.2. The Morgan fingerprint density at radius 2 is 0.842 bits per heavy atom. The molecular weight excluding hydrogens is 731 g/mol. The van der Waals surface area contributed by atoms with Gasteiger partial charge in [0.05, 0.1) is 17.9 Å². The molecule has 0 aliphatic carbocycles. The highest BCUT2D eigenvalue weighted by molar-refractivity contribution is 7.85. The Morgan fingerprint density at radius 3 is 1.26 bits per heavy atom. The minimum absolute atomic E-state index is 0.261. The first-order valence-corrected chi connectivity index (χ1v) is 25.6. The molecule has 7 nitrogen and oxygen atoms in total. The predicted molar refractivity (Wildman–Crippen MR) is 245 cm³/mol. The maximum Gasteiger partial charge on any atom is 0.267 e. The highest BCUT2D eigenvalue weighted by atomic mass is 32.2. The Morgan fingerprint density at radius 1 is 0.491 bits per heavy atom. The van der Waals surface area contributed by atoms with Gasteiger partial charge in [0, 0.05) is 0 Å². The molecule has 0 saturated carbocycles. The highest BCUT2D eigenvalue weighted by Gasteiger charge is 2.27. The van der Waals surface area contributed by atoms with Crippen LogP contribution in [-0.4, -0.2) is 53.1 Å². The van der Waals surface area contributed by atoms with Crippen molar-refractivity contribution < 1.29 is 28.0 Å². The minimum Gasteiger partial charge on any atom is -0.387 e. The van der Waals surface area contributed by atoms with Crippen molar-refractivity contribution in [1.29, 1.82) is 0 Å². The summed E-state index contributed by atoms with van der Waals surface area (Å²) < 4.78 is 32.6. The van der Waals surface area contributed by atoms with Crippen LogP contribution in [0.5, 0.6) is 0 Å². The third-order valence-corrected chi connectivity index (χ3v) is 11.6. The van der Waals surface area contributed by atoms with Crippen LogP contribution >= 0.6 is 0 Å². The van der Waals surface area contributed by atoms with E-state index in [0.29, 0.717) is 12.8 Å². The SMILES string of the molecule is CCCCCCCCCCC/C=C\C/C=C\CCCCCCCCC(O)C(=O)NC(CS(=O)(=O)O)C(O)/C=C/CC/C=C/CCCCCCCCCCCCCC. The number of rotatable bonds is 43. The van der Waals surface area contributed by atoms with Gasteiger partial charge in [-0.2, -0.15) is 8.42 Å². The molecule has 3 atom stereocenters. The Bertz CT molecular complexity index is 1100. The summed E-state index contributed by atoms with van der Waals surface area (Å²) in [5.74, 6) is -1.57. The number of nitrogens with one attached hydrogen (secondary N) is 1. The second-order valence-corrected chi connectivity index (χ2v) is 18.0. The molecule has 0 spiro atoms. The van der Waals surface area contributed by atoms with Gasteiger partial charge in [0.1, 0.15) is 6.10 Å². The van der Waals surface area contributed by atoms with Crippen LogP contribution in [-0.2, 0) is 14.9 Å². The van der Waals surface area contributed by atoms with Crippen LogP contribution < -0.4 is 5.32 Å². The fraction of sp³-hybridized carbons (Fsp3) is 0.816. The van der Waals surface area contributed by atoms with E-state index in [9.17, 15) is 28.0 Å². The summed E-state index contributed by atoms with van der Waals surface area (Å²) in [4.78, 5) is 12.6. The van der Waals surface area contributed by atoms with E-state index in [1.807, 2.05) is 0 Å². The monoisotopic (exact) mass is 822 g/mol. The molecule has 0 aromatic rings. The highest BCUT2D eigenvalue weighted by Crippen LogP contribution is 2.15. The molecule has 8 heteroatoms. The fourth-order valence-electron chi connectivity index (χ4n) is 7.15. The predicted octanol–water partition coefficient (Wildman–Crippen LogP) is 13.6. The van der Waals surface area contributed by atoms with E-state index < -0.39 is 40.0 Å². The van der Waals surface area contributed by atoms with Crippen molar-refractivity contribution in [3.8, 4) is 0 Å². The lowest BCUT2D eigenvalue weighted by molar-refractivity contribution is -0.130. The van der Waals surface area contributed by atoms with E-state index in [0.717, 1.165) is 57.8 Å². The molecule has 57 heavy (non-hydrogen) atoms. The zero-order chi connectivity index (χ0) is 41.9. The van der Waals surface area contributed by atoms with Gasteiger partial charge in [-0.05, 0) is 64.2 Å². The Hall–Kier alpha value is -1.74. The molecule has 3 unspecified atom stereocenters. The molecule has 0 heterocycles. The Kier molecular flexibility index (Phi) is 41.1. The summed E-state index contributed by atoms with van der Waals surface area (Å²) in [5, 5.41) is 23.5. The maximum absolute atomic E-state index is 12.6. The van der Waals surface area contributed by atoms with Crippen molar-refractivity contribution in [2.24, 2.45) is 0 Å². The van der Waals surface area contributed by atoms with Crippen molar-refractivity contribution >= 4 is 16.0 Å². The molecule has 4 N–H and O–H groups in total. The third-order valence-electron chi connectivity index (χ3n) is 10.8. The average molecular weight is 822 g/mol. The zero-order valence-electron chi connectivity index (χ0n) is 37.1. The van der Waals surface area contributed by atoms with Crippen molar-refractivity contribution in [3.05, 3.63) is 48.6 Å². The van der Waals surface area contributed by atoms with Crippen LogP contribution in [0.4, 0.5) is 0 Å². The van der Waals surface area contributed by atoms with Crippen LogP contribution in [0.2, 0.25) is 0 Å². The van der Waals surface area contributed by atoms with E-state index in [-0.39, 0.29) is 6.42 Å². The first-order valence-electron chi connectivity index (χ1n) is 23.9. The number of aliphatic hydroxyl groups is 2. The standard InChI is InChI=1S/C49H91NO6S/c1-3-5-7-9-11-13-15-17-19-21-23-24-25-26-28-30-32-34-36-38-40-42-44-48(52)49(53)50-46(45-57(54,55)56)47(51)43-41-39-37-35-33-31-29-27-22-20-18-16-14-12-10-8-6-4-2/h23-24,26,28,33,35,41,43,46-48,51-52H,3-22,25,27,29-32,34,36-40,42,44-45H2,1-2H3,(H,50,53)(H,54,55,56)/b24-23-,28-26-,35-33+,43-41+. The van der Waals surface area contributed by atoms with E-state index in [4.69, 9.17) is 0 Å². The summed E-state index contributed by atoms with van der Waals surface area (Å²) >= 11 is 0. The maximum atomic E-state index is 12.6. The summed E-state index contributed by atoms with van der Waals surface area (Å²) in [7, 11) is -4.46. The van der Waals surface area contributed by atoms with Crippen LogP contribution in [0.1, 0.15) is 232 Å². The smallest absolute Gasteiger partial charge is 0.267 e. The van der Waals surface area contributed by atoms with Crippen molar-refractivity contribution in [2.75, 3.05) is 5.75 Å². The molecule has 0 saturated heterocycles. The van der Waals surface area contributed by atoms with Gasteiger partial charge in [-0.3, -0.25) is 9.35 Å². The number of aliphatic hydroxyl groups excluding tert-OH is 2. The number of carbonyl (C=O) groups excluding carboxylic acids is 1. The zero-order valence-corrected chi connectivity index (χ0v) is 37.9. The summed E-state index contributed by atoms with van der Waals surface area (Å²) in [6, 6.07) is -1.26. The van der Waals surface area contributed by atoms with Crippen molar-refractivity contribution in [2.45, 2.75) is 250 Å². The summed E-state index contributed by atoms with van der Waals surface area (Å²) in [6.45, 7) is 4.53. The number of hydrogen-bond acceptors (Lipinski definition) is 5. The molecule has 0 rings (SSSR count). The van der Waals surface area contributed by atoms with Gasteiger partial charge in [-0.1, -0.05) is 217 Å². The van der Waals surface area contributed by atoms with E-state index in [2.05, 4.69) is 55.6 Å². The van der Waals surface area contributed by atoms with Gasteiger partial charge in [0.15, 0.2) is 0 Å². The topological polar surface area (TPSA) is 124 Å². The molecule has 1 amide bonds. The van der Waals surface area contributed by atoms with Crippen LogP contribution in [0.15, 0.2) is 48.6 Å². The van der Waals surface area contributed by atoms with Crippen molar-refractivity contribution in [3.63, 3.8) is 0 Å².